The zero-order chi connectivity index (χ0) is 21.3. The molecule has 0 rings (SSSR count). The lowest BCUT2D eigenvalue weighted by molar-refractivity contribution is -0.131. The summed E-state index contributed by atoms with van der Waals surface area (Å²) in [6, 6.07) is 0. The molecule has 0 aromatic rings. The van der Waals surface area contributed by atoms with Crippen LogP contribution < -0.4 is 5.32 Å². The van der Waals surface area contributed by atoms with E-state index >= 15 is 0 Å². The van der Waals surface area contributed by atoms with Gasteiger partial charge in [0.25, 0.3) is 0 Å². The third-order valence-corrected chi connectivity index (χ3v) is 4.69. The summed E-state index contributed by atoms with van der Waals surface area (Å²) >= 11 is 0. The molecular formula is C24H45NO3. The van der Waals surface area contributed by atoms with Gasteiger partial charge in [-0.25, -0.2) is 4.79 Å². The zero-order valence-electron chi connectivity index (χ0n) is 18.4. The third-order valence-electron chi connectivity index (χ3n) is 4.69. The second-order valence-corrected chi connectivity index (χ2v) is 7.34. The minimum absolute atomic E-state index is 0.0500. The summed E-state index contributed by atoms with van der Waals surface area (Å²) in [4.78, 5) is 20.2. The van der Waals surface area contributed by atoms with Crippen molar-refractivity contribution in [3.8, 4) is 0 Å². The largest absolute Gasteiger partial charge is 0.478 e. The van der Waals surface area contributed by atoms with Crippen LogP contribution >= 0.6 is 0 Å². The number of rotatable bonds is 19. The number of carboxylic acid groups (broad SMARTS) is 1. The Kier molecular flexibility index (Phi) is 26.0. The molecule has 1 amide bonds. The van der Waals surface area contributed by atoms with Crippen LogP contribution in [0.4, 0.5) is 0 Å². The van der Waals surface area contributed by atoms with Gasteiger partial charge in [0.05, 0.1) is 0 Å². The number of aliphatic carboxylic acids is 1. The van der Waals surface area contributed by atoms with Crippen LogP contribution in [0.25, 0.3) is 0 Å². The molecule has 0 unspecified atom stereocenters. The minimum atomic E-state index is -0.981. The Bertz CT molecular complexity index is 380. The maximum absolute atomic E-state index is 10.9. The van der Waals surface area contributed by atoms with Gasteiger partial charge >= 0.3 is 5.97 Å². The van der Waals surface area contributed by atoms with Crippen molar-refractivity contribution in [3.63, 3.8) is 0 Å². The lowest BCUT2D eigenvalue weighted by Gasteiger charge is -2.04. The summed E-state index contributed by atoms with van der Waals surface area (Å²) in [6.07, 6.45) is 24.3. The maximum atomic E-state index is 10.9. The van der Waals surface area contributed by atoms with Crippen molar-refractivity contribution < 1.29 is 14.7 Å². The fourth-order valence-corrected chi connectivity index (χ4v) is 2.96. The normalized spacial score (nSPS) is 9.89. The number of carboxylic acids is 1. The summed E-state index contributed by atoms with van der Waals surface area (Å²) in [5.41, 5.74) is 0. The van der Waals surface area contributed by atoms with Gasteiger partial charge < -0.3 is 10.4 Å². The Morgan fingerprint density at radius 1 is 0.679 bits per heavy atom. The molecule has 0 aliphatic carbocycles. The first-order valence-electron chi connectivity index (χ1n) is 11.3. The predicted octanol–water partition coefficient (Wildman–Crippen LogP) is 6.81. The average Bonchev–Trinajstić information content (AvgIpc) is 2.70. The maximum Gasteiger partial charge on any atom is 0.327 e. The fourth-order valence-electron chi connectivity index (χ4n) is 2.96. The van der Waals surface area contributed by atoms with Gasteiger partial charge in [0.1, 0.15) is 0 Å². The molecule has 0 aromatic carbocycles. The van der Waals surface area contributed by atoms with Crippen molar-refractivity contribution in [1.29, 1.82) is 0 Å². The molecule has 0 saturated heterocycles. The Morgan fingerprint density at radius 2 is 1.00 bits per heavy atom. The molecule has 0 aliphatic heterocycles. The van der Waals surface area contributed by atoms with E-state index in [1.165, 1.54) is 102 Å². The minimum Gasteiger partial charge on any atom is -0.478 e. The van der Waals surface area contributed by atoms with E-state index in [1.54, 1.807) is 0 Å². The molecule has 0 heterocycles. The molecule has 164 valence electrons. The smallest absolute Gasteiger partial charge is 0.327 e. The van der Waals surface area contributed by atoms with Crippen LogP contribution in [0.5, 0.6) is 0 Å². The van der Waals surface area contributed by atoms with Crippen molar-refractivity contribution in [2.24, 2.45) is 0 Å². The van der Waals surface area contributed by atoms with Crippen molar-refractivity contribution in [1.82, 2.24) is 5.32 Å². The lowest BCUT2D eigenvalue weighted by atomic mass is 10.0. The van der Waals surface area contributed by atoms with Crippen molar-refractivity contribution in [3.05, 3.63) is 25.3 Å². The van der Waals surface area contributed by atoms with Crippen molar-refractivity contribution in [2.75, 3.05) is 6.54 Å². The number of amides is 1. The summed E-state index contributed by atoms with van der Waals surface area (Å²) < 4.78 is 0. The van der Waals surface area contributed by atoms with Crippen LogP contribution in [0.1, 0.15) is 110 Å². The van der Waals surface area contributed by atoms with Crippen LogP contribution in [0.15, 0.2) is 25.3 Å². The van der Waals surface area contributed by atoms with E-state index < -0.39 is 5.97 Å². The number of carbonyl (C=O) groups excluding carboxylic acids is 1. The van der Waals surface area contributed by atoms with E-state index in [4.69, 9.17) is 5.11 Å². The highest BCUT2D eigenvalue weighted by Gasteiger charge is 1.95. The summed E-state index contributed by atoms with van der Waals surface area (Å²) in [6.45, 7) is 9.48. The van der Waals surface area contributed by atoms with E-state index in [0.29, 0.717) is 0 Å². The first-order chi connectivity index (χ1) is 13.6. The second kappa shape index (κ2) is 25.4. The first-order valence-corrected chi connectivity index (χ1v) is 11.3. The van der Waals surface area contributed by atoms with Crippen LogP contribution in [-0.2, 0) is 9.59 Å². The molecule has 0 fully saturated rings. The summed E-state index contributed by atoms with van der Waals surface area (Å²) in [5, 5.41) is 10.4. The number of hydrogen-bond donors (Lipinski definition) is 2. The van der Waals surface area contributed by atoms with Gasteiger partial charge in [-0.3, -0.25) is 4.79 Å². The van der Waals surface area contributed by atoms with E-state index in [1.807, 2.05) is 0 Å². The standard InChI is InChI=1S/C21H41NO.C3H4O2/c1-3-5-6-7-8-9-10-11-12-13-14-15-16-17-18-19-20-22-21(23)4-2;1-2-3(4)5/h4H,2-3,5-20H2,1H3,(H,22,23);2H,1H2,(H,4,5). The summed E-state index contributed by atoms with van der Waals surface area (Å²) in [5.74, 6) is -1.03. The molecule has 0 bridgehead atoms. The SMILES string of the molecule is C=CC(=O)NCCCCCCCCCCCCCCCCCC.C=CC(=O)O. The van der Waals surface area contributed by atoms with Gasteiger partial charge in [-0.15, -0.1) is 0 Å². The van der Waals surface area contributed by atoms with Crippen LogP contribution in [0, 0.1) is 0 Å². The highest BCUT2D eigenvalue weighted by molar-refractivity contribution is 5.86. The molecule has 0 atom stereocenters. The van der Waals surface area contributed by atoms with E-state index in [0.717, 1.165) is 19.0 Å². The van der Waals surface area contributed by atoms with E-state index in [2.05, 4.69) is 25.4 Å². The van der Waals surface area contributed by atoms with Gasteiger partial charge in [0.15, 0.2) is 0 Å². The highest BCUT2D eigenvalue weighted by atomic mass is 16.4. The Hall–Kier alpha value is -1.58. The number of hydrogen-bond acceptors (Lipinski definition) is 2. The monoisotopic (exact) mass is 395 g/mol. The van der Waals surface area contributed by atoms with E-state index in [9.17, 15) is 9.59 Å². The zero-order valence-corrected chi connectivity index (χ0v) is 18.4. The first kappa shape index (κ1) is 28.6. The Morgan fingerprint density at radius 3 is 1.29 bits per heavy atom. The quantitative estimate of drug-likeness (QED) is 0.186. The van der Waals surface area contributed by atoms with Crippen molar-refractivity contribution in [2.45, 2.75) is 110 Å². The van der Waals surface area contributed by atoms with Gasteiger partial charge in [-0.1, -0.05) is 116 Å². The Labute approximate surface area is 173 Å². The van der Waals surface area contributed by atoms with Crippen LogP contribution in [-0.4, -0.2) is 23.5 Å². The molecule has 28 heavy (non-hydrogen) atoms. The molecule has 0 aromatic heterocycles. The summed E-state index contributed by atoms with van der Waals surface area (Å²) in [7, 11) is 0. The van der Waals surface area contributed by atoms with E-state index in [-0.39, 0.29) is 5.91 Å². The average molecular weight is 396 g/mol. The second-order valence-electron chi connectivity index (χ2n) is 7.34. The highest BCUT2D eigenvalue weighted by Crippen LogP contribution is 2.13. The molecule has 0 spiro atoms. The molecule has 4 nitrogen and oxygen atoms in total. The molecule has 0 saturated carbocycles. The third kappa shape index (κ3) is 29.2. The number of unbranched alkanes of at least 4 members (excludes halogenated alkanes) is 15. The molecule has 4 heteroatoms. The fraction of sp³-hybridized carbons (Fsp3) is 0.750. The topological polar surface area (TPSA) is 66.4 Å². The lowest BCUT2D eigenvalue weighted by Crippen LogP contribution is -2.21. The predicted molar refractivity (Wildman–Crippen MR) is 121 cm³/mol. The molecule has 0 radical (unpaired) electrons. The van der Waals surface area contributed by atoms with Crippen molar-refractivity contribution >= 4 is 11.9 Å². The van der Waals surface area contributed by atoms with Crippen LogP contribution in [0.3, 0.4) is 0 Å². The van der Waals surface area contributed by atoms with Gasteiger partial charge in [0, 0.05) is 12.6 Å². The molecule has 0 aliphatic rings. The van der Waals surface area contributed by atoms with Gasteiger partial charge in [0.2, 0.25) is 5.91 Å². The van der Waals surface area contributed by atoms with Gasteiger partial charge in [-0.05, 0) is 12.5 Å². The molecular weight excluding hydrogens is 350 g/mol. The molecule has 2 N–H and O–H groups in total. The number of carbonyl (C=O) groups is 2. The van der Waals surface area contributed by atoms with Crippen LogP contribution in [0.2, 0.25) is 0 Å². The Balaban J connectivity index is 0. The number of nitrogens with one attached hydrogen (secondary N) is 1. The van der Waals surface area contributed by atoms with Gasteiger partial charge in [-0.2, -0.15) is 0 Å².